The van der Waals surface area contributed by atoms with Gasteiger partial charge in [0.2, 0.25) is 12.7 Å². The van der Waals surface area contributed by atoms with Crippen LogP contribution in [0.5, 0.6) is 5.75 Å². The molecule has 3 heterocycles. The summed E-state index contributed by atoms with van der Waals surface area (Å²) in [5, 5.41) is 0. The van der Waals surface area contributed by atoms with E-state index in [0.717, 1.165) is 63.7 Å². The number of thioether (sulfide) groups is 1. The van der Waals surface area contributed by atoms with Crippen molar-refractivity contribution in [3.8, 4) is 5.75 Å². The Hall–Kier alpha value is -2.42. The first-order chi connectivity index (χ1) is 16.2. The highest BCUT2D eigenvalue weighted by Gasteiger charge is 2.24. The highest BCUT2D eigenvalue weighted by Crippen LogP contribution is 2.30. The molecule has 33 heavy (non-hydrogen) atoms. The van der Waals surface area contributed by atoms with Gasteiger partial charge in [-0.15, -0.1) is 11.8 Å². The molecule has 0 bridgehead atoms. The van der Waals surface area contributed by atoms with Gasteiger partial charge in [-0.3, -0.25) is 14.6 Å². The van der Waals surface area contributed by atoms with Gasteiger partial charge in [-0.25, -0.2) is 0 Å². The maximum absolute atomic E-state index is 13.0. The zero-order chi connectivity index (χ0) is 22.9. The van der Waals surface area contributed by atoms with Crippen molar-refractivity contribution >= 4 is 17.7 Å². The van der Waals surface area contributed by atoms with E-state index in [4.69, 9.17) is 14.2 Å². The lowest BCUT2D eigenvalue weighted by molar-refractivity contribution is -0.134. The summed E-state index contributed by atoms with van der Waals surface area (Å²) in [6, 6.07) is 6.24. The minimum absolute atomic E-state index is 0.224. The van der Waals surface area contributed by atoms with E-state index in [-0.39, 0.29) is 12.7 Å². The summed E-state index contributed by atoms with van der Waals surface area (Å²) in [4.78, 5) is 21.0. The molecule has 0 aliphatic carbocycles. The Morgan fingerprint density at radius 3 is 2.79 bits per heavy atom. The Morgan fingerprint density at radius 1 is 1.09 bits per heavy atom. The molecule has 0 atom stereocenters. The molecule has 7 nitrogen and oxygen atoms in total. The molecule has 0 unspecified atom stereocenters. The van der Waals surface area contributed by atoms with Crippen molar-refractivity contribution in [3.63, 3.8) is 0 Å². The van der Waals surface area contributed by atoms with E-state index in [1.54, 1.807) is 19.6 Å². The van der Waals surface area contributed by atoms with Crippen molar-refractivity contribution in [1.82, 2.24) is 14.7 Å². The number of rotatable bonds is 5. The second-order valence-electron chi connectivity index (χ2n) is 8.33. The van der Waals surface area contributed by atoms with Crippen molar-refractivity contribution < 1.29 is 19.0 Å². The van der Waals surface area contributed by atoms with Crippen LogP contribution in [0.4, 0.5) is 0 Å². The first kappa shape index (κ1) is 23.7. The lowest BCUT2D eigenvalue weighted by atomic mass is 10.1. The lowest BCUT2D eigenvalue weighted by Gasteiger charge is -2.36. The minimum atomic E-state index is 0.224. The Bertz CT molecular complexity index is 894. The molecule has 0 aromatic heterocycles. The number of piperazine rings is 1. The largest absolute Gasteiger partial charge is 0.497 e. The molecule has 0 N–H and O–H groups in total. The summed E-state index contributed by atoms with van der Waals surface area (Å²) >= 11 is 1.86. The SMILES string of the molecule is COc1ccc2c(c1)CN(CC(=O)N1CCN(CC3=CC/C=C/OCO/C=C/3)CC1)CCS2. The van der Waals surface area contributed by atoms with Crippen LogP contribution in [0, 0.1) is 0 Å². The molecule has 0 radical (unpaired) electrons. The Morgan fingerprint density at radius 2 is 1.94 bits per heavy atom. The molecule has 1 fully saturated rings. The topological polar surface area (TPSA) is 54.5 Å². The standard InChI is InChI=1S/C25H33N3O4S/c1-30-23-5-6-24-22(16-23)18-27(12-15-33-24)19-25(29)28-10-8-26(9-11-28)17-21-4-2-3-13-31-20-32-14-7-21/h3-7,13-14,16H,2,8-12,15,17-20H2,1H3/b13-3+,14-7+,21-4?. The Balaban J connectivity index is 1.26. The summed E-state index contributed by atoms with van der Waals surface area (Å²) < 4.78 is 15.9. The van der Waals surface area contributed by atoms with Gasteiger partial charge in [0, 0.05) is 56.5 Å². The monoisotopic (exact) mass is 471 g/mol. The predicted molar refractivity (Wildman–Crippen MR) is 130 cm³/mol. The number of ether oxygens (including phenoxy) is 3. The zero-order valence-electron chi connectivity index (χ0n) is 19.3. The fourth-order valence-electron chi connectivity index (χ4n) is 4.17. The lowest BCUT2D eigenvalue weighted by Crippen LogP contribution is -2.51. The number of hydrogen-bond donors (Lipinski definition) is 0. The molecule has 4 rings (SSSR count). The van der Waals surface area contributed by atoms with Gasteiger partial charge in [0.25, 0.3) is 0 Å². The molecule has 1 aromatic rings. The van der Waals surface area contributed by atoms with Crippen LogP contribution in [0.3, 0.4) is 0 Å². The minimum Gasteiger partial charge on any atom is -0.497 e. The number of allylic oxidation sites excluding steroid dienone is 2. The van der Waals surface area contributed by atoms with Gasteiger partial charge in [0.05, 0.1) is 26.2 Å². The van der Waals surface area contributed by atoms with Gasteiger partial charge in [-0.1, -0.05) is 6.08 Å². The highest BCUT2D eigenvalue weighted by molar-refractivity contribution is 7.99. The van der Waals surface area contributed by atoms with Gasteiger partial charge in [0.1, 0.15) is 5.75 Å². The maximum atomic E-state index is 13.0. The molecule has 8 heteroatoms. The van der Waals surface area contributed by atoms with Gasteiger partial charge in [-0.2, -0.15) is 0 Å². The van der Waals surface area contributed by atoms with Crippen LogP contribution < -0.4 is 4.74 Å². The van der Waals surface area contributed by atoms with E-state index in [1.807, 2.05) is 34.9 Å². The number of benzene rings is 1. The van der Waals surface area contributed by atoms with E-state index >= 15 is 0 Å². The second kappa shape index (κ2) is 12.2. The zero-order valence-corrected chi connectivity index (χ0v) is 20.1. The molecule has 178 valence electrons. The number of nitrogens with zero attached hydrogens (tertiary/aromatic N) is 3. The highest BCUT2D eigenvalue weighted by atomic mass is 32.2. The summed E-state index contributed by atoms with van der Waals surface area (Å²) in [5.74, 6) is 2.09. The summed E-state index contributed by atoms with van der Waals surface area (Å²) in [7, 11) is 1.69. The van der Waals surface area contributed by atoms with E-state index in [9.17, 15) is 4.79 Å². The van der Waals surface area contributed by atoms with E-state index < -0.39 is 0 Å². The smallest absolute Gasteiger partial charge is 0.236 e. The van der Waals surface area contributed by atoms with Gasteiger partial charge < -0.3 is 19.1 Å². The Labute approximate surface area is 200 Å². The van der Waals surface area contributed by atoms with Crippen LogP contribution in [0.2, 0.25) is 0 Å². The summed E-state index contributed by atoms with van der Waals surface area (Å²) in [6.07, 6.45) is 10.4. The normalized spacial score (nSPS) is 22.1. The fourth-order valence-corrected chi connectivity index (χ4v) is 5.22. The van der Waals surface area contributed by atoms with Crippen LogP contribution >= 0.6 is 11.8 Å². The third-order valence-electron chi connectivity index (χ3n) is 6.04. The molecule has 3 aliphatic heterocycles. The van der Waals surface area contributed by atoms with E-state index in [0.29, 0.717) is 6.54 Å². The quantitative estimate of drug-likeness (QED) is 0.654. The molecule has 1 saturated heterocycles. The third kappa shape index (κ3) is 7.03. The predicted octanol–water partition coefficient (Wildman–Crippen LogP) is 3.10. The Kier molecular flexibility index (Phi) is 8.74. The van der Waals surface area contributed by atoms with Crippen LogP contribution in [0.15, 0.2) is 59.4 Å². The first-order valence-corrected chi connectivity index (χ1v) is 12.5. The molecular formula is C25H33N3O4S. The third-order valence-corrected chi connectivity index (χ3v) is 7.14. The molecule has 0 spiro atoms. The molecule has 0 saturated carbocycles. The number of amides is 1. The van der Waals surface area contributed by atoms with Crippen LogP contribution in [0.1, 0.15) is 12.0 Å². The van der Waals surface area contributed by atoms with Gasteiger partial charge in [0.15, 0.2) is 0 Å². The van der Waals surface area contributed by atoms with Crippen molar-refractivity contribution in [2.75, 3.05) is 65.5 Å². The molecule has 1 amide bonds. The van der Waals surface area contributed by atoms with Crippen LogP contribution in [-0.2, 0) is 20.8 Å². The number of carbonyl (C=O) groups is 1. The molecule has 3 aliphatic rings. The molecular weight excluding hydrogens is 438 g/mol. The van der Waals surface area contributed by atoms with Crippen LogP contribution in [-0.4, -0.2) is 86.1 Å². The fraction of sp³-hybridized carbons (Fsp3) is 0.480. The van der Waals surface area contributed by atoms with Crippen molar-refractivity contribution in [3.05, 3.63) is 60.1 Å². The molecule has 1 aromatic carbocycles. The van der Waals surface area contributed by atoms with Crippen molar-refractivity contribution in [1.29, 1.82) is 0 Å². The van der Waals surface area contributed by atoms with E-state index in [2.05, 4.69) is 28.0 Å². The summed E-state index contributed by atoms with van der Waals surface area (Å²) in [6.45, 7) is 6.56. The number of carbonyl (C=O) groups excluding carboxylic acids is 1. The average Bonchev–Trinajstić information content (AvgIpc) is 3.04. The van der Waals surface area contributed by atoms with E-state index in [1.165, 1.54) is 16.0 Å². The summed E-state index contributed by atoms with van der Waals surface area (Å²) in [5.41, 5.74) is 2.46. The number of fused-ring (bicyclic) bond motifs is 1. The van der Waals surface area contributed by atoms with Gasteiger partial charge in [-0.05, 0) is 47.9 Å². The number of methoxy groups -OCH3 is 1. The number of hydrogen-bond acceptors (Lipinski definition) is 7. The van der Waals surface area contributed by atoms with Crippen molar-refractivity contribution in [2.24, 2.45) is 0 Å². The average molecular weight is 472 g/mol. The van der Waals surface area contributed by atoms with Crippen LogP contribution in [0.25, 0.3) is 0 Å². The second-order valence-corrected chi connectivity index (χ2v) is 9.47. The maximum Gasteiger partial charge on any atom is 0.236 e. The van der Waals surface area contributed by atoms with Crippen molar-refractivity contribution in [2.45, 2.75) is 17.9 Å². The first-order valence-electron chi connectivity index (χ1n) is 11.5. The van der Waals surface area contributed by atoms with Gasteiger partial charge >= 0.3 is 0 Å².